The summed E-state index contributed by atoms with van der Waals surface area (Å²) in [6.07, 6.45) is 0. The lowest BCUT2D eigenvalue weighted by Crippen LogP contribution is -2.46. The highest BCUT2D eigenvalue weighted by atomic mass is 16.1. The Morgan fingerprint density at radius 2 is 1.29 bits per heavy atom. The number of aromatic amines is 1. The average Bonchev–Trinajstić information content (AvgIpc) is 3.21. The zero-order chi connectivity index (χ0) is 21.0. The van der Waals surface area contributed by atoms with Crippen molar-refractivity contribution in [3.05, 3.63) is 107 Å². The largest absolute Gasteiger partial charge is 0.369 e. The molecule has 0 aliphatic carbocycles. The fraction of sp³-hybridized carbons (Fsp3) is 0.192. The topological polar surface area (TPSA) is 44.3 Å². The third-order valence-electron chi connectivity index (χ3n) is 5.89. The molecule has 5 rings (SSSR count). The number of anilines is 1. The molecule has 1 aromatic heterocycles. The molecule has 1 aliphatic rings. The molecule has 1 fully saturated rings. The van der Waals surface area contributed by atoms with Gasteiger partial charge in [0.2, 0.25) is 0 Å². The molecular weight excluding hydrogens is 384 g/mol. The molecule has 0 bridgehead atoms. The van der Waals surface area contributed by atoms with E-state index in [0.29, 0.717) is 0 Å². The van der Waals surface area contributed by atoms with Crippen LogP contribution in [-0.4, -0.2) is 40.9 Å². The molecule has 31 heavy (non-hydrogen) atoms. The predicted octanol–water partition coefficient (Wildman–Crippen LogP) is 4.15. The number of piperazine rings is 1. The number of rotatable bonds is 5. The average molecular weight is 411 g/mol. The van der Waals surface area contributed by atoms with Gasteiger partial charge < -0.3 is 4.90 Å². The first-order valence-corrected chi connectivity index (χ1v) is 10.8. The van der Waals surface area contributed by atoms with Gasteiger partial charge in [-0.3, -0.25) is 14.8 Å². The molecule has 2 heterocycles. The Balaban J connectivity index is 1.20. The second kappa shape index (κ2) is 8.66. The van der Waals surface area contributed by atoms with Gasteiger partial charge in [0.1, 0.15) is 0 Å². The third kappa shape index (κ3) is 4.32. The number of hydrogen-bond donors (Lipinski definition) is 1. The molecule has 5 nitrogen and oxygen atoms in total. The van der Waals surface area contributed by atoms with E-state index in [4.69, 9.17) is 0 Å². The SMILES string of the molecule is O=c1cc(CN2CCN(c3ccc(-c4ccccc4)cc3)CC2)[nH]n1-c1ccccc1. The number of hydrogen-bond acceptors (Lipinski definition) is 3. The maximum atomic E-state index is 12.4. The van der Waals surface area contributed by atoms with E-state index in [9.17, 15) is 4.79 Å². The minimum atomic E-state index is -0.0154. The molecule has 1 saturated heterocycles. The van der Waals surface area contributed by atoms with Gasteiger partial charge in [0.05, 0.1) is 11.4 Å². The van der Waals surface area contributed by atoms with Crippen molar-refractivity contribution in [2.24, 2.45) is 0 Å². The van der Waals surface area contributed by atoms with Gasteiger partial charge in [-0.05, 0) is 35.4 Å². The number of nitrogens with one attached hydrogen (secondary N) is 1. The van der Waals surface area contributed by atoms with Crippen LogP contribution < -0.4 is 10.5 Å². The van der Waals surface area contributed by atoms with Crippen LogP contribution in [0.3, 0.4) is 0 Å². The Kier molecular flexibility index (Phi) is 5.42. The van der Waals surface area contributed by atoms with E-state index in [-0.39, 0.29) is 5.56 Å². The lowest BCUT2D eigenvalue weighted by atomic mass is 10.1. The highest BCUT2D eigenvalue weighted by Gasteiger charge is 2.18. The van der Waals surface area contributed by atoms with E-state index in [1.165, 1.54) is 16.8 Å². The summed E-state index contributed by atoms with van der Waals surface area (Å²) in [5.74, 6) is 0. The Morgan fingerprint density at radius 1 is 0.677 bits per heavy atom. The number of benzene rings is 3. The summed E-state index contributed by atoms with van der Waals surface area (Å²) in [5, 5.41) is 3.26. The number of H-pyrrole nitrogens is 1. The first kappa shape index (κ1) is 19.4. The zero-order valence-electron chi connectivity index (χ0n) is 17.4. The summed E-state index contributed by atoms with van der Waals surface area (Å²) in [5.41, 5.74) is 5.56. The van der Waals surface area contributed by atoms with Gasteiger partial charge in [0, 0.05) is 44.5 Å². The van der Waals surface area contributed by atoms with E-state index in [1.807, 2.05) is 36.4 Å². The molecule has 0 amide bonds. The molecule has 0 spiro atoms. The van der Waals surface area contributed by atoms with Crippen LogP contribution in [0.25, 0.3) is 16.8 Å². The summed E-state index contributed by atoms with van der Waals surface area (Å²) in [7, 11) is 0. The number of nitrogens with zero attached hydrogens (tertiary/aromatic N) is 3. The van der Waals surface area contributed by atoms with Crippen LogP contribution in [0, 0.1) is 0 Å². The molecule has 1 aliphatic heterocycles. The van der Waals surface area contributed by atoms with Crippen molar-refractivity contribution >= 4 is 5.69 Å². The molecule has 0 unspecified atom stereocenters. The quantitative estimate of drug-likeness (QED) is 0.537. The monoisotopic (exact) mass is 410 g/mol. The van der Waals surface area contributed by atoms with E-state index in [0.717, 1.165) is 44.1 Å². The van der Waals surface area contributed by atoms with Gasteiger partial charge in [0.25, 0.3) is 5.56 Å². The van der Waals surface area contributed by atoms with Gasteiger partial charge in [-0.15, -0.1) is 0 Å². The standard InChI is InChI=1S/C26H26N4O/c31-26-19-23(27-30(26)25-9-5-2-6-10-25)20-28-15-17-29(18-16-28)24-13-11-22(12-14-24)21-7-3-1-4-8-21/h1-14,19,27H,15-18,20H2. The Hall–Kier alpha value is -3.57. The summed E-state index contributed by atoms with van der Waals surface area (Å²) in [6.45, 7) is 4.66. The summed E-state index contributed by atoms with van der Waals surface area (Å²) >= 11 is 0. The van der Waals surface area contributed by atoms with Crippen molar-refractivity contribution in [3.63, 3.8) is 0 Å². The van der Waals surface area contributed by atoms with Crippen molar-refractivity contribution < 1.29 is 0 Å². The van der Waals surface area contributed by atoms with Crippen molar-refractivity contribution in [1.29, 1.82) is 0 Å². The second-order valence-electron chi connectivity index (χ2n) is 7.97. The summed E-state index contributed by atoms with van der Waals surface area (Å²) in [6, 6.07) is 30.7. The van der Waals surface area contributed by atoms with Crippen molar-refractivity contribution in [2.45, 2.75) is 6.54 Å². The van der Waals surface area contributed by atoms with Crippen molar-refractivity contribution in [2.75, 3.05) is 31.1 Å². The maximum Gasteiger partial charge on any atom is 0.271 e. The first-order chi connectivity index (χ1) is 15.3. The summed E-state index contributed by atoms with van der Waals surface area (Å²) in [4.78, 5) is 17.2. The lowest BCUT2D eigenvalue weighted by molar-refractivity contribution is 0.246. The van der Waals surface area contributed by atoms with E-state index in [1.54, 1.807) is 10.7 Å². The Bertz CT molecular complexity index is 1170. The van der Waals surface area contributed by atoms with Crippen LogP contribution in [0.15, 0.2) is 95.8 Å². The fourth-order valence-corrected chi connectivity index (χ4v) is 4.19. The van der Waals surface area contributed by atoms with Gasteiger partial charge in [0.15, 0.2) is 0 Å². The highest BCUT2D eigenvalue weighted by molar-refractivity contribution is 5.66. The normalized spacial score (nSPS) is 14.6. The van der Waals surface area contributed by atoms with Gasteiger partial charge >= 0.3 is 0 Å². The Morgan fingerprint density at radius 3 is 1.97 bits per heavy atom. The van der Waals surface area contributed by atoms with Crippen molar-refractivity contribution in [1.82, 2.24) is 14.7 Å². The van der Waals surface area contributed by atoms with Gasteiger partial charge in [-0.2, -0.15) is 0 Å². The van der Waals surface area contributed by atoms with E-state index < -0.39 is 0 Å². The van der Waals surface area contributed by atoms with E-state index in [2.05, 4.69) is 63.4 Å². The minimum absolute atomic E-state index is 0.0154. The molecule has 0 radical (unpaired) electrons. The lowest BCUT2D eigenvalue weighted by Gasteiger charge is -2.36. The van der Waals surface area contributed by atoms with Crippen LogP contribution in [0.2, 0.25) is 0 Å². The van der Waals surface area contributed by atoms with E-state index >= 15 is 0 Å². The number of para-hydroxylation sites is 1. The number of aromatic nitrogens is 2. The third-order valence-corrected chi connectivity index (χ3v) is 5.89. The second-order valence-corrected chi connectivity index (χ2v) is 7.97. The maximum absolute atomic E-state index is 12.4. The molecule has 3 aromatic carbocycles. The molecule has 156 valence electrons. The highest BCUT2D eigenvalue weighted by Crippen LogP contribution is 2.24. The summed E-state index contributed by atoms with van der Waals surface area (Å²) < 4.78 is 1.61. The molecule has 5 heteroatoms. The van der Waals surface area contributed by atoms with Crippen LogP contribution in [-0.2, 0) is 6.54 Å². The molecule has 1 N–H and O–H groups in total. The molecular formula is C26H26N4O. The fourth-order valence-electron chi connectivity index (χ4n) is 4.19. The van der Waals surface area contributed by atoms with Crippen molar-refractivity contribution in [3.8, 4) is 16.8 Å². The molecule has 0 atom stereocenters. The smallest absolute Gasteiger partial charge is 0.271 e. The van der Waals surface area contributed by atoms with Crippen LogP contribution in [0.1, 0.15) is 5.69 Å². The zero-order valence-corrected chi connectivity index (χ0v) is 17.4. The predicted molar refractivity (Wildman–Crippen MR) is 126 cm³/mol. The van der Waals surface area contributed by atoms with Crippen LogP contribution >= 0.6 is 0 Å². The van der Waals surface area contributed by atoms with Gasteiger partial charge in [-0.1, -0.05) is 60.7 Å². The first-order valence-electron chi connectivity index (χ1n) is 10.8. The van der Waals surface area contributed by atoms with Gasteiger partial charge in [-0.25, -0.2) is 4.68 Å². The molecule has 0 saturated carbocycles. The minimum Gasteiger partial charge on any atom is -0.369 e. The van der Waals surface area contributed by atoms with Crippen LogP contribution in [0.4, 0.5) is 5.69 Å². The molecule has 4 aromatic rings. The van der Waals surface area contributed by atoms with Crippen LogP contribution in [0.5, 0.6) is 0 Å². The Labute approximate surface area is 182 Å².